The van der Waals surface area contributed by atoms with Crippen LogP contribution in [0.4, 0.5) is 10.1 Å². The standard InChI is InChI=1S/C13H15FN2O3/c1-15-6-9(13(18)19)7-16(12(17)8-15)11-5-3-2-4-10(11)14/h2-5,9H,6-8H2,1H3,(H,18,19). The monoisotopic (exact) mass is 266 g/mol. The third kappa shape index (κ3) is 2.90. The average Bonchev–Trinajstić information content (AvgIpc) is 2.48. The van der Waals surface area contributed by atoms with Crippen molar-refractivity contribution < 1.29 is 19.1 Å². The molecule has 1 N–H and O–H groups in total. The van der Waals surface area contributed by atoms with Gasteiger partial charge in [-0.05, 0) is 19.2 Å². The molecular formula is C13H15FN2O3. The molecule has 6 heteroatoms. The molecule has 0 spiro atoms. The number of carboxylic acid groups (broad SMARTS) is 1. The molecule has 0 aromatic heterocycles. The number of likely N-dealkylation sites (N-methyl/N-ethyl adjacent to an activating group) is 1. The van der Waals surface area contributed by atoms with E-state index in [0.29, 0.717) is 0 Å². The van der Waals surface area contributed by atoms with Crippen LogP contribution in [-0.2, 0) is 9.59 Å². The average molecular weight is 266 g/mol. The molecule has 1 saturated heterocycles. The van der Waals surface area contributed by atoms with Gasteiger partial charge in [0.1, 0.15) is 5.82 Å². The number of nitrogens with zero attached hydrogens (tertiary/aromatic N) is 2. The summed E-state index contributed by atoms with van der Waals surface area (Å²) >= 11 is 0. The summed E-state index contributed by atoms with van der Waals surface area (Å²) in [5.74, 6) is -2.53. The van der Waals surface area contributed by atoms with Crippen molar-refractivity contribution in [3.05, 3.63) is 30.1 Å². The number of amides is 1. The van der Waals surface area contributed by atoms with Gasteiger partial charge in [-0.15, -0.1) is 0 Å². The Balaban J connectivity index is 2.34. The summed E-state index contributed by atoms with van der Waals surface area (Å²) in [4.78, 5) is 26.1. The van der Waals surface area contributed by atoms with Gasteiger partial charge in [0.2, 0.25) is 5.91 Å². The van der Waals surface area contributed by atoms with Crippen molar-refractivity contribution in [3.8, 4) is 0 Å². The second kappa shape index (κ2) is 5.36. The van der Waals surface area contributed by atoms with Crippen LogP contribution >= 0.6 is 0 Å². The SMILES string of the molecule is CN1CC(=O)N(c2ccccc2F)CC(C(=O)O)C1. The Morgan fingerprint density at radius 1 is 1.37 bits per heavy atom. The fourth-order valence-electron chi connectivity index (χ4n) is 2.20. The molecule has 2 rings (SSSR count). The van der Waals surface area contributed by atoms with Crippen LogP contribution in [0.25, 0.3) is 0 Å². The number of halogens is 1. The number of aliphatic carboxylic acids is 1. The van der Waals surface area contributed by atoms with Gasteiger partial charge in [-0.1, -0.05) is 12.1 Å². The Labute approximate surface area is 110 Å². The molecule has 0 radical (unpaired) electrons. The van der Waals surface area contributed by atoms with E-state index in [2.05, 4.69) is 0 Å². The summed E-state index contributed by atoms with van der Waals surface area (Å²) in [5.41, 5.74) is 0.133. The van der Waals surface area contributed by atoms with Gasteiger partial charge in [0.25, 0.3) is 0 Å². The van der Waals surface area contributed by atoms with Crippen LogP contribution in [-0.4, -0.2) is 48.6 Å². The highest BCUT2D eigenvalue weighted by molar-refractivity contribution is 5.96. The lowest BCUT2D eigenvalue weighted by molar-refractivity contribution is -0.141. The van der Waals surface area contributed by atoms with E-state index in [1.807, 2.05) is 0 Å². The van der Waals surface area contributed by atoms with Crippen molar-refractivity contribution in [1.29, 1.82) is 0 Å². The molecule has 1 aromatic rings. The second-order valence-corrected chi connectivity index (χ2v) is 4.69. The predicted molar refractivity (Wildman–Crippen MR) is 67.4 cm³/mol. The van der Waals surface area contributed by atoms with E-state index in [4.69, 9.17) is 5.11 Å². The molecule has 0 saturated carbocycles. The molecule has 5 nitrogen and oxygen atoms in total. The highest BCUT2D eigenvalue weighted by Gasteiger charge is 2.31. The first-order valence-corrected chi connectivity index (χ1v) is 5.95. The topological polar surface area (TPSA) is 60.9 Å². The van der Waals surface area contributed by atoms with Gasteiger partial charge in [0.15, 0.2) is 0 Å². The summed E-state index contributed by atoms with van der Waals surface area (Å²) in [7, 11) is 1.68. The number of carbonyl (C=O) groups excluding carboxylic acids is 1. The third-order valence-electron chi connectivity index (χ3n) is 3.13. The lowest BCUT2D eigenvalue weighted by atomic mass is 10.1. The van der Waals surface area contributed by atoms with E-state index in [1.165, 1.54) is 23.1 Å². The van der Waals surface area contributed by atoms with E-state index in [1.54, 1.807) is 18.0 Å². The van der Waals surface area contributed by atoms with Gasteiger partial charge in [-0.2, -0.15) is 0 Å². The van der Waals surface area contributed by atoms with Crippen LogP contribution in [0.2, 0.25) is 0 Å². The van der Waals surface area contributed by atoms with Gasteiger partial charge in [0.05, 0.1) is 18.2 Å². The summed E-state index contributed by atoms with van der Waals surface area (Å²) in [5, 5.41) is 9.14. The first-order chi connectivity index (χ1) is 8.99. The minimum atomic E-state index is -0.983. The Bertz CT molecular complexity index is 506. The normalized spacial score (nSPS) is 21.3. The van der Waals surface area contributed by atoms with Crippen molar-refractivity contribution >= 4 is 17.6 Å². The van der Waals surface area contributed by atoms with Crippen LogP contribution < -0.4 is 4.90 Å². The molecule has 1 aliphatic heterocycles. The number of benzene rings is 1. The van der Waals surface area contributed by atoms with Gasteiger partial charge in [-0.3, -0.25) is 14.5 Å². The number of carbonyl (C=O) groups is 2. The molecule has 102 valence electrons. The number of hydrogen-bond acceptors (Lipinski definition) is 3. The molecule has 0 aliphatic carbocycles. The zero-order chi connectivity index (χ0) is 14.0. The minimum Gasteiger partial charge on any atom is -0.481 e. The molecule has 19 heavy (non-hydrogen) atoms. The Morgan fingerprint density at radius 2 is 2.05 bits per heavy atom. The molecule has 1 atom stereocenters. The fraction of sp³-hybridized carbons (Fsp3) is 0.385. The highest BCUT2D eigenvalue weighted by Crippen LogP contribution is 2.22. The van der Waals surface area contributed by atoms with Crippen molar-refractivity contribution in [2.75, 3.05) is 31.6 Å². The van der Waals surface area contributed by atoms with Gasteiger partial charge in [0, 0.05) is 13.1 Å². The van der Waals surface area contributed by atoms with Crippen LogP contribution in [0.3, 0.4) is 0 Å². The number of anilines is 1. The molecular weight excluding hydrogens is 251 g/mol. The summed E-state index contributed by atoms with van der Waals surface area (Å²) in [6, 6.07) is 5.89. The third-order valence-corrected chi connectivity index (χ3v) is 3.13. The number of rotatable bonds is 2. The van der Waals surface area contributed by atoms with Crippen molar-refractivity contribution in [3.63, 3.8) is 0 Å². The van der Waals surface area contributed by atoms with Gasteiger partial charge < -0.3 is 10.0 Å². The number of hydrogen-bond donors (Lipinski definition) is 1. The molecule has 0 bridgehead atoms. The van der Waals surface area contributed by atoms with E-state index >= 15 is 0 Å². The van der Waals surface area contributed by atoms with Crippen molar-refractivity contribution in [2.45, 2.75) is 0 Å². The van der Waals surface area contributed by atoms with Crippen LogP contribution in [0.5, 0.6) is 0 Å². The molecule has 1 fully saturated rings. The molecule has 1 aliphatic rings. The van der Waals surface area contributed by atoms with Crippen molar-refractivity contribution in [2.24, 2.45) is 5.92 Å². The Hall–Kier alpha value is -1.95. The number of carboxylic acids is 1. The predicted octanol–water partition coefficient (Wildman–Crippen LogP) is 0.805. The summed E-state index contributed by atoms with van der Waals surface area (Å²) in [6.45, 7) is 0.337. The quantitative estimate of drug-likeness (QED) is 0.860. The molecule has 1 unspecified atom stereocenters. The van der Waals surface area contributed by atoms with E-state index in [9.17, 15) is 14.0 Å². The fourth-order valence-corrected chi connectivity index (χ4v) is 2.20. The van der Waals surface area contributed by atoms with Crippen LogP contribution in [0.1, 0.15) is 0 Å². The minimum absolute atomic E-state index is 0.0144. The van der Waals surface area contributed by atoms with E-state index < -0.39 is 17.7 Å². The summed E-state index contributed by atoms with van der Waals surface area (Å²) in [6.07, 6.45) is 0. The van der Waals surface area contributed by atoms with E-state index in [-0.39, 0.29) is 31.2 Å². The zero-order valence-corrected chi connectivity index (χ0v) is 10.5. The van der Waals surface area contributed by atoms with Crippen LogP contribution in [0.15, 0.2) is 24.3 Å². The maximum Gasteiger partial charge on any atom is 0.309 e. The van der Waals surface area contributed by atoms with Gasteiger partial charge in [-0.25, -0.2) is 4.39 Å². The zero-order valence-electron chi connectivity index (χ0n) is 10.5. The second-order valence-electron chi connectivity index (χ2n) is 4.69. The van der Waals surface area contributed by atoms with Crippen LogP contribution in [0, 0.1) is 11.7 Å². The first kappa shape index (κ1) is 13.5. The lowest BCUT2D eigenvalue weighted by Crippen LogP contribution is -2.37. The molecule has 1 amide bonds. The largest absolute Gasteiger partial charge is 0.481 e. The first-order valence-electron chi connectivity index (χ1n) is 5.95. The maximum absolute atomic E-state index is 13.8. The summed E-state index contributed by atoms with van der Waals surface area (Å²) < 4.78 is 13.8. The van der Waals surface area contributed by atoms with Crippen molar-refractivity contribution in [1.82, 2.24) is 4.90 Å². The van der Waals surface area contributed by atoms with Gasteiger partial charge >= 0.3 is 5.97 Å². The smallest absolute Gasteiger partial charge is 0.309 e. The lowest BCUT2D eigenvalue weighted by Gasteiger charge is -2.22. The molecule has 1 heterocycles. The van der Waals surface area contributed by atoms with E-state index in [0.717, 1.165) is 0 Å². The maximum atomic E-state index is 13.8. The number of para-hydroxylation sites is 1. The highest BCUT2D eigenvalue weighted by atomic mass is 19.1. The Morgan fingerprint density at radius 3 is 2.68 bits per heavy atom. The molecule has 1 aromatic carbocycles. The Kier molecular flexibility index (Phi) is 3.80.